The van der Waals surface area contributed by atoms with Crippen LogP contribution in [-0.2, 0) is 0 Å². The summed E-state index contributed by atoms with van der Waals surface area (Å²) in [5, 5.41) is 9.64. The Morgan fingerprint density at radius 1 is 1.50 bits per heavy atom. The average molecular weight is 180 g/mol. The van der Waals surface area contributed by atoms with Gasteiger partial charge >= 0.3 is 0 Å². The Labute approximate surface area is 73.8 Å². The number of hydrogen-bond acceptors (Lipinski definition) is 3. The third kappa shape index (κ3) is 0.956. The van der Waals surface area contributed by atoms with Gasteiger partial charge in [0.25, 0.3) is 0 Å². The number of H-pyrrole nitrogens is 1. The molecule has 0 atom stereocenters. The van der Waals surface area contributed by atoms with E-state index in [0.717, 1.165) is 10.4 Å². The molecule has 1 aromatic heterocycles. The fourth-order valence-electron chi connectivity index (χ4n) is 1.14. The molecule has 0 saturated carbocycles. The van der Waals surface area contributed by atoms with Gasteiger partial charge < -0.3 is 10.1 Å². The minimum absolute atomic E-state index is 0.265. The van der Waals surface area contributed by atoms with E-state index in [0.29, 0.717) is 5.52 Å². The zero-order chi connectivity index (χ0) is 8.55. The van der Waals surface area contributed by atoms with E-state index in [1.54, 1.807) is 6.33 Å². The van der Waals surface area contributed by atoms with Gasteiger partial charge in [-0.3, -0.25) is 0 Å². The molecule has 2 rings (SSSR count). The summed E-state index contributed by atoms with van der Waals surface area (Å²) < 4.78 is 0. The quantitative estimate of drug-likeness (QED) is 0.660. The molecule has 0 aliphatic heterocycles. The molecule has 0 saturated heterocycles. The third-order valence-corrected chi connectivity index (χ3v) is 2.52. The fraction of sp³-hybridized carbons (Fsp3) is 0.125. The third-order valence-electron chi connectivity index (χ3n) is 1.75. The number of hydrogen-bond donors (Lipinski definition) is 2. The van der Waals surface area contributed by atoms with Crippen molar-refractivity contribution in [3.8, 4) is 5.75 Å². The van der Waals surface area contributed by atoms with Gasteiger partial charge in [-0.15, -0.1) is 11.8 Å². The van der Waals surface area contributed by atoms with E-state index in [4.69, 9.17) is 0 Å². The van der Waals surface area contributed by atoms with Crippen LogP contribution in [0.15, 0.2) is 23.4 Å². The molecule has 1 aromatic carbocycles. The Hall–Kier alpha value is -1.16. The highest BCUT2D eigenvalue weighted by Gasteiger charge is 2.06. The molecule has 0 bridgehead atoms. The summed E-state index contributed by atoms with van der Waals surface area (Å²) in [7, 11) is 0. The van der Waals surface area contributed by atoms with Gasteiger partial charge in [0.05, 0.1) is 16.7 Å². The maximum absolute atomic E-state index is 9.64. The number of aromatic nitrogens is 2. The lowest BCUT2D eigenvalue weighted by molar-refractivity contribution is 0.468. The van der Waals surface area contributed by atoms with E-state index < -0.39 is 0 Å². The van der Waals surface area contributed by atoms with E-state index in [2.05, 4.69) is 9.97 Å². The largest absolute Gasteiger partial charge is 0.504 e. The average Bonchev–Trinajstić information content (AvgIpc) is 2.53. The van der Waals surface area contributed by atoms with Gasteiger partial charge in [0.2, 0.25) is 0 Å². The van der Waals surface area contributed by atoms with Crippen molar-refractivity contribution >= 4 is 22.8 Å². The number of nitrogens with zero attached hydrogens (tertiary/aromatic N) is 1. The van der Waals surface area contributed by atoms with Crippen molar-refractivity contribution in [3.05, 3.63) is 18.5 Å². The molecule has 2 aromatic rings. The van der Waals surface area contributed by atoms with E-state index in [1.165, 1.54) is 11.8 Å². The summed E-state index contributed by atoms with van der Waals surface area (Å²) in [6, 6.07) is 3.79. The first-order chi connectivity index (χ1) is 5.83. The van der Waals surface area contributed by atoms with Crippen molar-refractivity contribution in [2.75, 3.05) is 6.26 Å². The molecule has 2 N–H and O–H groups in total. The molecule has 0 aliphatic carbocycles. The van der Waals surface area contributed by atoms with Gasteiger partial charge in [-0.2, -0.15) is 0 Å². The van der Waals surface area contributed by atoms with Gasteiger partial charge in [0.1, 0.15) is 5.52 Å². The fourth-order valence-corrected chi connectivity index (χ4v) is 1.63. The predicted octanol–water partition coefficient (Wildman–Crippen LogP) is 1.99. The lowest BCUT2D eigenvalue weighted by Crippen LogP contribution is -1.75. The van der Waals surface area contributed by atoms with Gasteiger partial charge in [-0.25, -0.2) is 4.98 Å². The molecule has 3 nitrogen and oxygen atoms in total. The lowest BCUT2D eigenvalue weighted by Gasteiger charge is -1.99. The smallest absolute Gasteiger partial charge is 0.157 e. The molecular weight excluding hydrogens is 172 g/mol. The lowest BCUT2D eigenvalue weighted by atomic mass is 10.3. The Balaban J connectivity index is 2.78. The standard InChI is InChI=1S/C8H8N2OS/c1-12-6-3-2-5-7(8(6)11)10-4-9-5/h2-4,11H,1H3,(H,9,10). The Kier molecular flexibility index (Phi) is 1.69. The molecule has 1 heterocycles. The normalized spacial score (nSPS) is 10.8. The van der Waals surface area contributed by atoms with Crippen LogP contribution < -0.4 is 0 Å². The van der Waals surface area contributed by atoms with Gasteiger partial charge in [-0.1, -0.05) is 0 Å². The molecular formula is C8H8N2OS. The number of benzene rings is 1. The zero-order valence-electron chi connectivity index (χ0n) is 6.53. The summed E-state index contributed by atoms with van der Waals surface area (Å²) in [5.41, 5.74) is 1.51. The Morgan fingerprint density at radius 3 is 3.08 bits per heavy atom. The van der Waals surface area contributed by atoms with Crippen LogP contribution in [0.1, 0.15) is 0 Å². The number of phenols is 1. The van der Waals surface area contributed by atoms with Crippen LogP contribution in [0.4, 0.5) is 0 Å². The molecule has 62 valence electrons. The van der Waals surface area contributed by atoms with Crippen molar-refractivity contribution in [1.82, 2.24) is 9.97 Å². The molecule has 0 aliphatic rings. The summed E-state index contributed by atoms with van der Waals surface area (Å²) in [6.07, 6.45) is 3.50. The van der Waals surface area contributed by atoms with Crippen molar-refractivity contribution in [2.24, 2.45) is 0 Å². The molecule has 0 unspecified atom stereocenters. The minimum Gasteiger partial charge on any atom is -0.504 e. The summed E-state index contributed by atoms with van der Waals surface area (Å²) in [6.45, 7) is 0. The van der Waals surface area contributed by atoms with Crippen LogP contribution in [0.25, 0.3) is 11.0 Å². The zero-order valence-corrected chi connectivity index (χ0v) is 7.35. The highest BCUT2D eigenvalue weighted by Crippen LogP contribution is 2.31. The molecule has 0 radical (unpaired) electrons. The van der Waals surface area contributed by atoms with Gasteiger partial charge in [0.15, 0.2) is 5.75 Å². The van der Waals surface area contributed by atoms with Crippen molar-refractivity contribution in [2.45, 2.75) is 4.90 Å². The second-order valence-electron chi connectivity index (χ2n) is 2.42. The van der Waals surface area contributed by atoms with E-state index in [1.807, 2.05) is 18.4 Å². The molecule has 4 heteroatoms. The molecule has 0 fully saturated rings. The SMILES string of the molecule is CSc1ccc2[nH]cnc2c1O. The number of fused-ring (bicyclic) bond motifs is 1. The minimum atomic E-state index is 0.265. The Morgan fingerprint density at radius 2 is 2.33 bits per heavy atom. The first-order valence-electron chi connectivity index (χ1n) is 3.52. The maximum atomic E-state index is 9.64. The highest BCUT2D eigenvalue weighted by atomic mass is 32.2. The maximum Gasteiger partial charge on any atom is 0.157 e. The van der Waals surface area contributed by atoms with Gasteiger partial charge in [-0.05, 0) is 18.4 Å². The number of aromatic amines is 1. The van der Waals surface area contributed by atoms with Gasteiger partial charge in [0, 0.05) is 0 Å². The number of thioether (sulfide) groups is 1. The Bertz CT molecular complexity index is 410. The van der Waals surface area contributed by atoms with Crippen molar-refractivity contribution in [1.29, 1.82) is 0 Å². The molecule has 0 spiro atoms. The number of nitrogens with one attached hydrogen (secondary N) is 1. The van der Waals surface area contributed by atoms with Crippen LogP contribution in [0.2, 0.25) is 0 Å². The number of aromatic hydroxyl groups is 1. The van der Waals surface area contributed by atoms with E-state index in [-0.39, 0.29) is 5.75 Å². The van der Waals surface area contributed by atoms with Crippen LogP contribution >= 0.6 is 11.8 Å². The van der Waals surface area contributed by atoms with Crippen molar-refractivity contribution in [3.63, 3.8) is 0 Å². The highest BCUT2D eigenvalue weighted by molar-refractivity contribution is 7.98. The number of rotatable bonds is 1. The number of imidazole rings is 1. The molecule has 12 heavy (non-hydrogen) atoms. The van der Waals surface area contributed by atoms with Crippen LogP contribution in [0, 0.1) is 0 Å². The summed E-state index contributed by atoms with van der Waals surface area (Å²) in [5.74, 6) is 0.265. The first-order valence-corrected chi connectivity index (χ1v) is 4.74. The van der Waals surface area contributed by atoms with Crippen LogP contribution in [-0.4, -0.2) is 21.3 Å². The second kappa shape index (κ2) is 2.71. The summed E-state index contributed by atoms with van der Waals surface area (Å²) >= 11 is 1.51. The van der Waals surface area contributed by atoms with Crippen molar-refractivity contribution < 1.29 is 5.11 Å². The van der Waals surface area contributed by atoms with E-state index >= 15 is 0 Å². The van der Waals surface area contributed by atoms with Crippen LogP contribution in [0.5, 0.6) is 5.75 Å². The molecule has 0 amide bonds. The second-order valence-corrected chi connectivity index (χ2v) is 3.26. The first kappa shape index (κ1) is 7.49. The number of phenolic OH excluding ortho intramolecular Hbond substituents is 1. The van der Waals surface area contributed by atoms with E-state index in [9.17, 15) is 5.11 Å². The summed E-state index contributed by atoms with van der Waals surface area (Å²) in [4.78, 5) is 7.80. The van der Waals surface area contributed by atoms with Crippen LogP contribution in [0.3, 0.4) is 0 Å². The predicted molar refractivity (Wildman–Crippen MR) is 49.5 cm³/mol. The topological polar surface area (TPSA) is 48.9 Å². The monoisotopic (exact) mass is 180 g/mol.